The predicted octanol–water partition coefficient (Wildman–Crippen LogP) is 5.24. The standard InChI is InChI=1S/C23H27N3O2/c1-15(2)24-23(27)26(16(3)4)22-20-9-7-6-8-18(20)14-21(25-22)17-10-12-19(28-5)13-11-17/h6-16H,1-5H3,(H,24,27). The molecule has 3 aromatic rings. The second-order valence-corrected chi connectivity index (χ2v) is 7.35. The molecule has 0 radical (unpaired) electrons. The molecule has 1 N–H and O–H groups in total. The van der Waals surface area contributed by atoms with E-state index in [2.05, 4.69) is 11.4 Å². The summed E-state index contributed by atoms with van der Waals surface area (Å²) in [5, 5.41) is 4.99. The number of amides is 2. The molecule has 1 heterocycles. The van der Waals surface area contributed by atoms with E-state index in [0.717, 1.165) is 27.8 Å². The lowest BCUT2D eigenvalue weighted by Crippen LogP contribution is -2.47. The average Bonchev–Trinajstić information content (AvgIpc) is 2.67. The number of carbonyl (C=O) groups is 1. The van der Waals surface area contributed by atoms with Gasteiger partial charge in [0.1, 0.15) is 11.6 Å². The van der Waals surface area contributed by atoms with Crippen LogP contribution in [0.3, 0.4) is 0 Å². The number of hydrogen-bond donors (Lipinski definition) is 1. The molecule has 0 spiro atoms. The molecule has 0 aliphatic carbocycles. The third-order valence-electron chi connectivity index (χ3n) is 4.48. The predicted molar refractivity (Wildman–Crippen MR) is 115 cm³/mol. The molecule has 5 nitrogen and oxygen atoms in total. The number of nitrogens with zero attached hydrogens (tertiary/aromatic N) is 2. The molecule has 0 aliphatic heterocycles. The lowest BCUT2D eigenvalue weighted by molar-refractivity contribution is 0.242. The maximum Gasteiger partial charge on any atom is 0.323 e. The smallest absolute Gasteiger partial charge is 0.323 e. The Morgan fingerprint density at radius 2 is 1.71 bits per heavy atom. The number of rotatable bonds is 5. The molecule has 0 unspecified atom stereocenters. The highest BCUT2D eigenvalue weighted by atomic mass is 16.5. The number of urea groups is 1. The van der Waals surface area contributed by atoms with Crippen LogP contribution in [-0.2, 0) is 0 Å². The molecule has 0 saturated heterocycles. The van der Waals surface area contributed by atoms with Gasteiger partial charge < -0.3 is 10.1 Å². The molecule has 0 aliphatic rings. The molecule has 146 valence electrons. The molecular formula is C23H27N3O2. The Morgan fingerprint density at radius 1 is 1.04 bits per heavy atom. The van der Waals surface area contributed by atoms with Crippen molar-refractivity contribution in [3.63, 3.8) is 0 Å². The molecule has 3 rings (SSSR count). The maximum absolute atomic E-state index is 12.9. The van der Waals surface area contributed by atoms with E-state index in [-0.39, 0.29) is 18.1 Å². The van der Waals surface area contributed by atoms with Gasteiger partial charge in [-0.2, -0.15) is 0 Å². The third-order valence-corrected chi connectivity index (χ3v) is 4.48. The van der Waals surface area contributed by atoms with Gasteiger partial charge in [0.2, 0.25) is 0 Å². The molecule has 2 amide bonds. The second kappa shape index (κ2) is 8.30. The zero-order chi connectivity index (χ0) is 20.3. The average molecular weight is 377 g/mol. The quantitative estimate of drug-likeness (QED) is 0.661. The fraction of sp³-hybridized carbons (Fsp3) is 0.304. The number of nitrogens with one attached hydrogen (secondary N) is 1. The fourth-order valence-corrected chi connectivity index (χ4v) is 3.17. The van der Waals surface area contributed by atoms with E-state index in [1.807, 2.05) is 76.2 Å². The number of fused-ring (bicyclic) bond motifs is 1. The van der Waals surface area contributed by atoms with Crippen molar-refractivity contribution in [2.45, 2.75) is 39.8 Å². The molecule has 0 atom stereocenters. The summed E-state index contributed by atoms with van der Waals surface area (Å²) in [7, 11) is 1.65. The summed E-state index contributed by atoms with van der Waals surface area (Å²) in [5.41, 5.74) is 1.79. The Hall–Kier alpha value is -3.08. The second-order valence-electron chi connectivity index (χ2n) is 7.35. The van der Waals surface area contributed by atoms with Gasteiger partial charge in [0.25, 0.3) is 0 Å². The van der Waals surface area contributed by atoms with Crippen LogP contribution in [0.4, 0.5) is 10.6 Å². The number of hydrogen-bond acceptors (Lipinski definition) is 3. The lowest BCUT2D eigenvalue weighted by Gasteiger charge is -2.28. The number of anilines is 1. The Labute approximate surface area is 166 Å². The van der Waals surface area contributed by atoms with Crippen molar-refractivity contribution in [3.05, 3.63) is 54.6 Å². The first-order chi connectivity index (χ1) is 13.4. The van der Waals surface area contributed by atoms with Crippen molar-refractivity contribution in [3.8, 4) is 17.0 Å². The topological polar surface area (TPSA) is 54.5 Å². The van der Waals surface area contributed by atoms with Crippen molar-refractivity contribution in [2.24, 2.45) is 0 Å². The van der Waals surface area contributed by atoms with Crippen molar-refractivity contribution in [2.75, 3.05) is 12.0 Å². The minimum atomic E-state index is -0.144. The lowest BCUT2D eigenvalue weighted by atomic mass is 10.1. The minimum absolute atomic E-state index is 0.0410. The van der Waals surface area contributed by atoms with Crippen LogP contribution in [0.5, 0.6) is 5.75 Å². The summed E-state index contributed by atoms with van der Waals surface area (Å²) in [6.45, 7) is 7.90. The van der Waals surface area contributed by atoms with Gasteiger partial charge in [-0.3, -0.25) is 4.90 Å². The van der Waals surface area contributed by atoms with Gasteiger partial charge in [-0.05, 0) is 63.4 Å². The van der Waals surface area contributed by atoms with Crippen LogP contribution in [0.2, 0.25) is 0 Å². The van der Waals surface area contributed by atoms with E-state index in [1.54, 1.807) is 12.0 Å². The van der Waals surface area contributed by atoms with Crippen molar-refractivity contribution in [1.29, 1.82) is 0 Å². The molecule has 5 heteroatoms. The first kappa shape index (κ1) is 19.7. The number of aromatic nitrogens is 1. The van der Waals surface area contributed by atoms with Crippen LogP contribution in [0.25, 0.3) is 22.0 Å². The van der Waals surface area contributed by atoms with Gasteiger partial charge in [0.15, 0.2) is 0 Å². The van der Waals surface area contributed by atoms with Gasteiger partial charge in [0.05, 0.1) is 12.8 Å². The van der Waals surface area contributed by atoms with E-state index in [1.165, 1.54) is 0 Å². The van der Waals surface area contributed by atoms with E-state index in [9.17, 15) is 4.79 Å². The molecular weight excluding hydrogens is 350 g/mol. The molecule has 2 aromatic carbocycles. The van der Waals surface area contributed by atoms with Crippen LogP contribution in [-0.4, -0.2) is 30.2 Å². The van der Waals surface area contributed by atoms with Gasteiger partial charge in [0, 0.05) is 23.0 Å². The van der Waals surface area contributed by atoms with Crippen molar-refractivity contribution < 1.29 is 9.53 Å². The highest BCUT2D eigenvalue weighted by Crippen LogP contribution is 2.31. The molecule has 0 saturated carbocycles. The number of methoxy groups -OCH3 is 1. The first-order valence-electron chi connectivity index (χ1n) is 9.54. The number of ether oxygens (including phenoxy) is 1. The summed E-state index contributed by atoms with van der Waals surface area (Å²) < 4.78 is 5.26. The van der Waals surface area contributed by atoms with Gasteiger partial charge >= 0.3 is 6.03 Å². The van der Waals surface area contributed by atoms with E-state index >= 15 is 0 Å². The van der Waals surface area contributed by atoms with Gasteiger partial charge in [-0.25, -0.2) is 9.78 Å². The van der Waals surface area contributed by atoms with Crippen molar-refractivity contribution >= 4 is 22.6 Å². The van der Waals surface area contributed by atoms with Crippen LogP contribution in [0.15, 0.2) is 54.6 Å². The highest BCUT2D eigenvalue weighted by Gasteiger charge is 2.23. The molecule has 1 aromatic heterocycles. The first-order valence-corrected chi connectivity index (χ1v) is 9.54. The highest BCUT2D eigenvalue weighted by molar-refractivity contribution is 6.03. The van der Waals surface area contributed by atoms with Crippen LogP contribution < -0.4 is 15.0 Å². The largest absolute Gasteiger partial charge is 0.497 e. The monoisotopic (exact) mass is 377 g/mol. The number of carbonyl (C=O) groups excluding carboxylic acids is 1. The van der Waals surface area contributed by atoms with Crippen LogP contribution in [0, 0.1) is 0 Å². The SMILES string of the molecule is COc1ccc(-c2cc3ccccc3c(N(C(=O)NC(C)C)C(C)C)n2)cc1. The zero-order valence-corrected chi connectivity index (χ0v) is 17.1. The number of benzene rings is 2. The van der Waals surface area contributed by atoms with Crippen LogP contribution >= 0.6 is 0 Å². The summed E-state index contributed by atoms with van der Waals surface area (Å²) in [6.07, 6.45) is 0. The minimum Gasteiger partial charge on any atom is -0.497 e. The fourth-order valence-electron chi connectivity index (χ4n) is 3.17. The van der Waals surface area contributed by atoms with E-state index in [0.29, 0.717) is 5.82 Å². The number of pyridine rings is 1. The Kier molecular flexibility index (Phi) is 5.83. The Morgan fingerprint density at radius 3 is 2.32 bits per heavy atom. The third kappa shape index (κ3) is 4.09. The van der Waals surface area contributed by atoms with Gasteiger partial charge in [-0.1, -0.05) is 24.3 Å². The van der Waals surface area contributed by atoms with Gasteiger partial charge in [-0.15, -0.1) is 0 Å². The van der Waals surface area contributed by atoms with E-state index < -0.39 is 0 Å². The van der Waals surface area contributed by atoms with Crippen LogP contribution in [0.1, 0.15) is 27.7 Å². The molecule has 0 bridgehead atoms. The normalized spacial score (nSPS) is 11.1. The maximum atomic E-state index is 12.9. The summed E-state index contributed by atoms with van der Waals surface area (Å²) in [5.74, 6) is 1.46. The molecule has 28 heavy (non-hydrogen) atoms. The summed E-state index contributed by atoms with van der Waals surface area (Å²) in [6, 6.07) is 17.7. The van der Waals surface area contributed by atoms with E-state index in [4.69, 9.17) is 9.72 Å². The summed E-state index contributed by atoms with van der Waals surface area (Å²) in [4.78, 5) is 19.6. The zero-order valence-electron chi connectivity index (χ0n) is 17.1. The molecule has 0 fully saturated rings. The Balaban J connectivity index is 2.17. The summed E-state index contributed by atoms with van der Waals surface area (Å²) >= 11 is 0. The Bertz CT molecular complexity index is 965. The van der Waals surface area contributed by atoms with Crippen molar-refractivity contribution in [1.82, 2.24) is 10.3 Å².